The SMILES string of the molecule is CC(Nc1nccc2occc12)c1ccc(Br)cc1. The van der Waals surface area contributed by atoms with Gasteiger partial charge in [-0.2, -0.15) is 0 Å². The Kier molecular flexibility index (Phi) is 3.25. The van der Waals surface area contributed by atoms with Crippen molar-refractivity contribution in [3.8, 4) is 0 Å². The molecule has 0 bridgehead atoms. The quantitative estimate of drug-likeness (QED) is 0.756. The van der Waals surface area contributed by atoms with E-state index in [1.165, 1.54) is 5.56 Å². The number of fused-ring (bicyclic) bond motifs is 1. The van der Waals surface area contributed by atoms with Crippen LogP contribution in [0.2, 0.25) is 0 Å². The highest BCUT2D eigenvalue weighted by Crippen LogP contribution is 2.26. The summed E-state index contributed by atoms with van der Waals surface area (Å²) in [6, 6.07) is 12.2. The van der Waals surface area contributed by atoms with Crippen molar-refractivity contribution in [3.63, 3.8) is 0 Å². The van der Waals surface area contributed by atoms with E-state index in [4.69, 9.17) is 4.42 Å². The molecule has 0 aliphatic rings. The minimum absolute atomic E-state index is 0.182. The third-order valence-corrected chi connectivity index (χ3v) is 3.63. The van der Waals surface area contributed by atoms with Crippen LogP contribution in [0.3, 0.4) is 0 Å². The van der Waals surface area contributed by atoms with E-state index in [0.717, 1.165) is 21.3 Å². The number of nitrogens with one attached hydrogen (secondary N) is 1. The van der Waals surface area contributed by atoms with Crippen LogP contribution in [0.25, 0.3) is 11.0 Å². The predicted molar refractivity (Wildman–Crippen MR) is 80.2 cm³/mol. The van der Waals surface area contributed by atoms with E-state index in [9.17, 15) is 0 Å². The van der Waals surface area contributed by atoms with Crippen LogP contribution in [0.15, 0.2) is 57.7 Å². The molecular formula is C15H13BrN2O. The molecule has 1 N–H and O–H groups in total. The lowest BCUT2D eigenvalue weighted by Gasteiger charge is -2.15. The summed E-state index contributed by atoms with van der Waals surface area (Å²) in [6.07, 6.45) is 3.43. The number of rotatable bonds is 3. The molecule has 0 saturated heterocycles. The number of anilines is 1. The Hall–Kier alpha value is -1.81. The first-order chi connectivity index (χ1) is 9.24. The third-order valence-electron chi connectivity index (χ3n) is 3.10. The van der Waals surface area contributed by atoms with Crippen LogP contribution in [0.1, 0.15) is 18.5 Å². The molecule has 3 aromatic rings. The molecular weight excluding hydrogens is 304 g/mol. The van der Waals surface area contributed by atoms with Gasteiger partial charge in [0.15, 0.2) is 0 Å². The van der Waals surface area contributed by atoms with E-state index in [0.29, 0.717) is 0 Å². The number of furan rings is 1. The summed E-state index contributed by atoms with van der Waals surface area (Å²) >= 11 is 3.44. The van der Waals surface area contributed by atoms with Gasteiger partial charge in [-0.05, 0) is 36.8 Å². The molecule has 4 heteroatoms. The average Bonchev–Trinajstić information content (AvgIpc) is 2.89. The molecule has 0 radical (unpaired) electrons. The number of hydrogen-bond acceptors (Lipinski definition) is 3. The van der Waals surface area contributed by atoms with Gasteiger partial charge in [-0.15, -0.1) is 0 Å². The summed E-state index contributed by atoms with van der Waals surface area (Å²) in [5, 5.41) is 4.43. The maximum atomic E-state index is 5.38. The fourth-order valence-corrected chi connectivity index (χ4v) is 2.31. The monoisotopic (exact) mass is 316 g/mol. The van der Waals surface area contributed by atoms with Gasteiger partial charge in [0.25, 0.3) is 0 Å². The Bertz CT molecular complexity index is 691. The summed E-state index contributed by atoms with van der Waals surface area (Å²) in [5.74, 6) is 0.849. The number of pyridine rings is 1. The largest absolute Gasteiger partial charge is 0.464 e. The minimum atomic E-state index is 0.182. The number of benzene rings is 1. The van der Waals surface area contributed by atoms with Crippen molar-refractivity contribution in [1.82, 2.24) is 4.98 Å². The van der Waals surface area contributed by atoms with Crippen LogP contribution < -0.4 is 5.32 Å². The van der Waals surface area contributed by atoms with Crippen molar-refractivity contribution in [2.75, 3.05) is 5.32 Å². The number of aromatic nitrogens is 1. The summed E-state index contributed by atoms with van der Waals surface area (Å²) < 4.78 is 6.46. The molecule has 0 saturated carbocycles. The van der Waals surface area contributed by atoms with E-state index in [1.807, 2.05) is 24.3 Å². The van der Waals surface area contributed by atoms with Crippen molar-refractivity contribution in [3.05, 3.63) is 58.9 Å². The molecule has 0 amide bonds. The van der Waals surface area contributed by atoms with Crippen molar-refractivity contribution in [2.45, 2.75) is 13.0 Å². The van der Waals surface area contributed by atoms with Gasteiger partial charge >= 0.3 is 0 Å². The van der Waals surface area contributed by atoms with Gasteiger partial charge in [-0.1, -0.05) is 28.1 Å². The zero-order chi connectivity index (χ0) is 13.2. The van der Waals surface area contributed by atoms with Gasteiger partial charge in [0, 0.05) is 16.7 Å². The zero-order valence-electron chi connectivity index (χ0n) is 10.4. The van der Waals surface area contributed by atoms with Gasteiger partial charge in [0.2, 0.25) is 0 Å². The van der Waals surface area contributed by atoms with Crippen LogP contribution in [-0.2, 0) is 0 Å². The van der Waals surface area contributed by atoms with Crippen LogP contribution in [0.5, 0.6) is 0 Å². The highest BCUT2D eigenvalue weighted by molar-refractivity contribution is 9.10. The Labute approximate surface area is 119 Å². The molecule has 0 spiro atoms. The molecule has 1 atom stereocenters. The van der Waals surface area contributed by atoms with E-state index < -0.39 is 0 Å². The molecule has 1 unspecified atom stereocenters. The maximum Gasteiger partial charge on any atom is 0.139 e. The molecule has 2 heterocycles. The highest BCUT2D eigenvalue weighted by atomic mass is 79.9. The van der Waals surface area contributed by atoms with E-state index in [2.05, 4.69) is 45.3 Å². The second-order valence-electron chi connectivity index (χ2n) is 4.41. The first kappa shape index (κ1) is 12.2. The van der Waals surface area contributed by atoms with E-state index >= 15 is 0 Å². The smallest absolute Gasteiger partial charge is 0.139 e. The van der Waals surface area contributed by atoms with Crippen molar-refractivity contribution in [2.24, 2.45) is 0 Å². The van der Waals surface area contributed by atoms with Crippen LogP contribution in [0.4, 0.5) is 5.82 Å². The maximum absolute atomic E-state index is 5.38. The number of halogens is 1. The van der Waals surface area contributed by atoms with Crippen molar-refractivity contribution in [1.29, 1.82) is 0 Å². The molecule has 2 aromatic heterocycles. The topological polar surface area (TPSA) is 38.1 Å². The van der Waals surface area contributed by atoms with Crippen molar-refractivity contribution < 1.29 is 4.42 Å². The lowest BCUT2D eigenvalue weighted by molar-refractivity contribution is 0.615. The molecule has 0 aliphatic carbocycles. The van der Waals surface area contributed by atoms with Crippen LogP contribution in [0, 0.1) is 0 Å². The summed E-state index contributed by atoms with van der Waals surface area (Å²) in [4.78, 5) is 4.38. The molecule has 3 nitrogen and oxygen atoms in total. The second kappa shape index (κ2) is 5.05. The van der Waals surface area contributed by atoms with Gasteiger partial charge in [0.05, 0.1) is 11.6 Å². The van der Waals surface area contributed by atoms with Crippen LogP contribution >= 0.6 is 15.9 Å². The van der Waals surface area contributed by atoms with Gasteiger partial charge < -0.3 is 9.73 Å². The Balaban J connectivity index is 1.88. The van der Waals surface area contributed by atoms with E-state index in [1.54, 1.807) is 12.5 Å². The first-order valence-electron chi connectivity index (χ1n) is 6.08. The molecule has 1 aromatic carbocycles. The van der Waals surface area contributed by atoms with Crippen LogP contribution in [-0.4, -0.2) is 4.98 Å². The Morgan fingerprint density at radius 2 is 1.95 bits per heavy atom. The third kappa shape index (κ3) is 2.49. The van der Waals surface area contributed by atoms with Gasteiger partial charge in [0.1, 0.15) is 11.4 Å². The summed E-state index contributed by atoms with van der Waals surface area (Å²) in [7, 11) is 0. The normalized spacial score (nSPS) is 12.5. The summed E-state index contributed by atoms with van der Waals surface area (Å²) in [5.41, 5.74) is 2.06. The van der Waals surface area contributed by atoms with Crippen molar-refractivity contribution >= 4 is 32.7 Å². The Morgan fingerprint density at radius 1 is 1.16 bits per heavy atom. The predicted octanol–water partition coefficient (Wildman–Crippen LogP) is 4.76. The van der Waals surface area contributed by atoms with E-state index in [-0.39, 0.29) is 6.04 Å². The zero-order valence-corrected chi connectivity index (χ0v) is 12.0. The second-order valence-corrected chi connectivity index (χ2v) is 5.33. The minimum Gasteiger partial charge on any atom is -0.464 e. The molecule has 0 fully saturated rings. The fourth-order valence-electron chi connectivity index (χ4n) is 2.05. The number of hydrogen-bond donors (Lipinski definition) is 1. The molecule has 96 valence electrons. The molecule has 0 aliphatic heterocycles. The Morgan fingerprint density at radius 3 is 2.74 bits per heavy atom. The lowest BCUT2D eigenvalue weighted by atomic mass is 10.1. The standard InChI is InChI=1S/C15H13BrN2O/c1-10(11-2-4-12(16)5-3-11)18-15-13-7-9-19-14(13)6-8-17-15/h2-10H,1H3,(H,17,18). The van der Waals surface area contributed by atoms with Gasteiger partial charge in [-0.25, -0.2) is 4.98 Å². The first-order valence-corrected chi connectivity index (χ1v) is 6.87. The lowest BCUT2D eigenvalue weighted by Crippen LogP contribution is -2.07. The fraction of sp³-hybridized carbons (Fsp3) is 0.133. The van der Waals surface area contributed by atoms with Gasteiger partial charge in [-0.3, -0.25) is 0 Å². The summed E-state index contributed by atoms with van der Waals surface area (Å²) in [6.45, 7) is 2.11. The molecule has 3 rings (SSSR count). The average molecular weight is 317 g/mol. The highest BCUT2D eigenvalue weighted by Gasteiger charge is 2.09. The molecule has 19 heavy (non-hydrogen) atoms. The number of nitrogens with zero attached hydrogens (tertiary/aromatic N) is 1.